The predicted molar refractivity (Wildman–Crippen MR) is 109 cm³/mol. The zero-order chi connectivity index (χ0) is 20.4. The second-order valence-corrected chi connectivity index (χ2v) is 7.57. The molecule has 29 heavy (non-hydrogen) atoms. The summed E-state index contributed by atoms with van der Waals surface area (Å²) in [7, 11) is 2.03. The molecule has 2 heterocycles. The van der Waals surface area contributed by atoms with Gasteiger partial charge in [-0.1, -0.05) is 24.3 Å². The summed E-state index contributed by atoms with van der Waals surface area (Å²) in [6, 6.07) is 10.0. The maximum atomic E-state index is 12.7. The molecule has 3 N–H and O–H groups in total. The molecule has 0 spiro atoms. The SMILES string of the molecule is CN1CCN(C(=O)c2cc(NC(=O)N[C@@H]3c4ccccc4C[C@@H]3O)ccn2)CC1. The van der Waals surface area contributed by atoms with Crippen molar-refractivity contribution in [2.45, 2.75) is 18.6 Å². The third-order valence-electron chi connectivity index (χ3n) is 5.52. The quantitative estimate of drug-likeness (QED) is 0.727. The summed E-state index contributed by atoms with van der Waals surface area (Å²) in [5, 5.41) is 15.9. The van der Waals surface area contributed by atoms with Gasteiger partial charge in [-0.25, -0.2) is 4.79 Å². The number of aliphatic hydroxyl groups excluding tert-OH is 1. The van der Waals surface area contributed by atoms with Crippen LogP contribution in [0.1, 0.15) is 27.7 Å². The first-order valence-electron chi connectivity index (χ1n) is 9.78. The average molecular weight is 395 g/mol. The first-order valence-corrected chi connectivity index (χ1v) is 9.78. The normalized spacial score (nSPS) is 21.5. The van der Waals surface area contributed by atoms with Crippen molar-refractivity contribution >= 4 is 17.6 Å². The molecule has 0 unspecified atom stereocenters. The Bertz CT molecular complexity index is 911. The Kier molecular flexibility index (Phi) is 5.46. The fourth-order valence-electron chi connectivity index (χ4n) is 3.85. The van der Waals surface area contributed by atoms with Crippen LogP contribution in [0.4, 0.5) is 10.5 Å². The predicted octanol–water partition coefficient (Wildman–Crippen LogP) is 1.25. The van der Waals surface area contributed by atoms with E-state index in [4.69, 9.17) is 0 Å². The van der Waals surface area contributed by atoms with E-state index in [0.29, 0.717) is 30.9 Å². The van der Waals surface area contributed by atoms with E-state index in [2.05, 4.69) is 20.5 Å². The van der Waals surface area contributed by atoms with Crippen molar-refractivity contribution < 1.29 is 14.7 Å². The van der Waals surface area contributed by atoms with Gasteiger partial charge in [-0.05, 0) is 30.3 Å². The van der Waals surface area contributed by atoms with Crippen LogP contribution in [0.15, 0.2) is 42.6 Å². The number of amides is 3. The number of likely N-dealkylation sites (N-methyl/N-ethyl adjacent to an activating group) is 1. The number of nitrogens with one attached hydrogen (secondary N) is 2. The molecular formula is C21H25N5O3. The highest BCUT2D eigenvalue weighted by Gasteiger charge is 2.32. The van der Waals surface area contributed by atoms with Crippen LogP contribution in [0.25, 0.3) is 0 Å². The van der Waals surface area contributed by atoms with E-state index in [1.54, 1.807) is 17.0 Å². The van der Waals surface area contributed by atoms with Crippen LogP contribution >= 0.6 is 0 Å². The van der Waals surface area contributed by atoms with Crippen LogP contribution < -0.4 is 10.6 Å². The van der Waals surface area contributed by atoms with E-state index in [9.17, 15) is 14.7 Å². The van der Waals surface area contributed by atoms with Gasteiger partial charge in [-0.2, -0.15) is 0 Å². The van der Waals surface area contributed by atoms with Gasteiger partial charge < -0.3 is 25.5 Å². The molecule has 1 aromatic carbocycles. The fourth-order valence-corrected chi connectivity index (χ4v) is 3.85. The molecule has 8 heteroatoms. The summed E-state index contributed by atoms with van der Waals surface area (Å²) in [6.07, 6.45) is 1.36. The van der Waals surface area contributed by atoms with E-state index >= 15 is 0 Å². The number of hydrogen-bond donors (Lipinski definition) is 3. The molecular weight excluding hydrogens is 370 g/mol. The van der Waals surface area contributed by atoms with Gasteiger partial charge in [0.1, 0.15) is 5.69 Å². The molecule has 2 aliphatic rings. The Morgan fingerprint density at radius 1 is 1.14 bits per heavy atom. The van der Waals surface area contributed by atoms with E-state index in [1.165, 1.54) is 6.20 Å². The van der Waals surface area contributed by atoms with Crippen molar-refractivity contribution in [2.24, 2.45) is 0 Å². The van der Waals surface area contributed by atoms with E-state index in [0.717, 1.165) is 24.2 Å². The van der Waals surface area contributed by atoms with Crippen molar-refractivity contribution in [2.75, 3.05) is 38.5 Å². The molecule has 1 aliphatic carbocycles. The number of anilines is 1. The number of benzene rings is 1. The van der Waals surface area contributed by atoms with Gasteiger partial charge in [0, 0.05) is 44.5 Å². The van der Waals surface area contributed by atoms with Crippen LogP contribution in [-0.2, 0) is 6.42 Å². The van der Waals surface area contributed by atoms with Crippen molar-refractivity contribution in [3.05, 3.63) is 59.4 Å². The molecule has 3 amide bonds. The van der Waals surface area contributed by atoms with Crippen molar-refractivity contribution in [1.82, 2.24) is 20.1 Å². The summed E-state index contributed by atoms with van der Waals surface area (Å²) in [5.74, 6) is -0.137. The first-order chi connectivity index (χ1) is 14.0. The van der Waals surface area contributed by atoms with Crippen molar-refractivity contribution in [3.8, 4) is 0 Å². The highest BCUT2D eigenvalue weighted by atomic mass is 16.3. The number of aliphatic hydroxyl groups is 1. The summed E-state index contributed by atoms with van der Waals surface area (Å²) in [6.45, 7) is 2.98. The van der Waals surface area contributed by atoms with Crippen molar-refractivity contribution in [1.29, 1.82) is 0 Å². The molecule has 2 aromatic rings. The van der Waals surface area contributed by atoms with E-state index in [-0.39, 0.29) is 5.91 Å². The summed E-state index contributed by atoms with van der Waals surface area (Å²) in [5.41, 5.74) is 2.75. The minimum Gasteiger partial charge on any atom is -0.390 e. The second-order valence-electron chi connectivity index (χ2n) is 7.57. The van der Waals surface area contributed by atoms with E-state index < -0.39 is 18.2 Å². The molecule has 0 radical (unpaired) electrons. The van der Waals surface area contributed by atoms with Crippen molar-refractivity contribution in [3.63, 3.8) is 0 Å². The largest absolute Gasteiger partial charge is 0.390 e. The molecule has 0 saturated carbocycles. The topological polar surface area (TPSA) is 97.8 Å². The number of piperazine rings is 1. The van der Waals surface area contributed by atoms with Gasteiger partial charge in [-0.3, -0.25) is 9.78 Å². The molecule has 152 valence electrons. The molecule has 1 aromatic heterocycles. The number of urea groups is 1. The molecule has 4 rings (SSSR count). The minimum atomic E-state index is -0.662. The lowest BCUT2D eigenvalue weighted by Crippen LogP contribution is -2.47. The highest BCUT2D eigenvalue weighted by Crippen LogP contribution is 2.31. The fraction of sp³-hybridized carbons (Fsp3) is 0.381. The maximum Gasteiger partial charge on any atom is 0.319 e. The molecule has 2 atom stereocenters. The molecule has 1 saturated heterocycles. The Morgan fingerprint density at radius 2 is 1.90 bits per heavy atom. The highest BCUT2D eigenvalue weighted by molar-refractivity contribution is 5.95. The zero-order valence-electron chi connectivity index (χ0n) is 16.3. The van der Waals surface area contributed by atoms with Gasteiger partial charge in [0.15, 0.2) is 0 Å². The van der Waals surface area contributed by atoms with Crippen LogP contribution in [-0.4, -0.2) is 71.2 Å². The molecule has 0 bridgehead atoms. The Labute approximate surface area is 169 Å². The molecule has 1 fully saturated rings. The monoisotopic (exact) mass is 395 g/mol. The Balaban J connectivity index is 1.40. The number of carbonyl (C=O) groups excluding carboxylic acids is 2. The van der Waals surface area contributed by atoms with Crippen LogP contribution in [0.5, 0.6) is 0 Å². The Morgan fingerprint density at radius 3 is 2.69 bits per heavy atom. The molecule has 8 nitrogen and oxygen atoms in total. The standard InChI is InChI=1S/C21H25N5O3/c1-25-8-10-26(11-9-25)20(28)17-13-15(6-7-22-17)23-21(29)24-19-16-5-3-2-4-14(16)12-18(19)27/h2-7,13,18-19,27H,8-12H2,1H3,(H2,22,23,24,29)/t18-,19+/m0/s1. The van der Waals surface area contributed by atoms with Crippen LogP contribution in [0.2, 0.25) is 0 Å². The van der Waals surface area contributed by atoms with Gasteiger partial charge in [0.25, 0.3) is 5.91 Å². The van der Waals surface area contributed by atoms with Gasteiger partial charge in [0.2, 0.25) is 0 Å². The molecule has 1 aliphatic heterocycles. The zero-order valence-corrected chi connectivity index (χ0v) is 16.3. The lowest BCUT2D eigenvalue weighted by Gasteiger charge is -2.32. The summed E-state index contributed by atoms with van der Waals surface area (Å²) < 4.78 is 0. The summed E-state index contributed by atoms with van der Waals surface area (Å²) >= 11 is 0. The Hall–Kier alpha value is -2.97. The number of nitrogens with zero attached hydrogens (tertiary/aromatic N) is 3. The summed E-state index contributed by atoms with van der Waals surface area (Å²) in [4.78, 5) is 33.3. The smallest absolute Gasteiger partial charge is 0.319 e. The lowest BCUT2D eigenvalue weighted by molar-refractivity contribution is 0.0658. The first kappa shape index (κ1) is 19.4. The van der Waals surface area contributed by atoms with Gasteiger partial charge in [-0.15, -0.1) is 0 Å². The van der Waals surface area contributed by atoms with Gasteiger partial charge >= 0.3 is 6.03 Å². The van der Waals surface area contributed by atoms with Gasteiger partial charge in [0.05, 0.1) is 12.1 Å². The second kappa shape index (κ2) is 8.18. The third-order valence-corrected chi connectivity index (χ3v) is 5.52. The lowest BCUT2D eigenvalue weighted by atomic mass is 10.1. The number of carbonyl (C=O) groups is 2. The maximum absolute atomic E-state index is 12.7. The van der Waals surface area contributed by atoms with E-state index in [1.807, 2.05) is 31.3 Å². The van der Waals surface area contributed by atoms with Crippen LogP contribution in [0.3, 0.4) is 0 Å². The third kappa shape index (κ3) is 4.23. The minimum absolute atomic E-state index is 0.137. The number of fused-ring (bicyclic) bond motifs is 1. The number of aromatic nitrogens is 1. The average Bonchev–Trinajstić information content (AvgIpc) is 3.03. The van der Waals surface area contributed by atoms with Crippen LogP contribution in [0, 0.1) is 0 Å². The number of hydrogen-bond acceptors (Lipinski definition) is 5. The number of rotatable bonds is 3. The number of pyridine rings is 1.